The summed E-state index contributed by atoms with van der Waals surface area (Å²) in [5.74, 6) is 5.55. The summed E-state index contributed by atoms with van der Waals surface area (Å²) in [5, 5.41) is 9.95. The first-order valence-electron chi connectivity index (χ1n) is 11.8. The van der Waals surface area contributed by atoms with Crippen molar-refractivity contribution in [1.29, 1.82) is 0 Å². The predicted octanol–water partition coefficient (Wildman–Crippen LogP) is 0.409. The molecule has 0 saturated carbocycles. The molecule has 0 aliphatic rings. The number of ether oxygens (including phenoxy) is 1. The fraction of sp³-hybridized carbons (Fsp3) is 0.542. The SMILES string of the molecule is CCCC(C)N(C=O)Cc1c(C)cccc1NC(=O)COCCNCCN(N)/C=C(\N)CNC=O. The molecule has 1 aromatic rings. The van der Waals surface area contributed by atoms with Crippen LogP contribution in [-0.2, 0) is 25.7 Å². The van der Waals surface area contributed by atoms with E-state index < -0.39 is 0 Å². The number of rotatable bonds is 19. The lowest BCUT2D eigenvalue weighted by atomic mass is 10.0. The lowest BCUT2D eigenvalue weighted by molar-refractivity contribution is -0.121. The number of nitrogens with one attached hydrogen (secondary N) is 3. The highest BCUT2D eigenvalue weighted by atomic mass is 16.5. The minimum Gasteiger partial charge on any atom is -0.399 e. The Hall–Kier alpha value is -3.15. The number of benzene rings is 1. The Morgan fingerprint density at radius 2 is 2.03 bits per heavy atom. The van der Waals surface area contributed by atoms with E-state index in [-0.39, 0.29) is 25.1 Å². The van der Waals surface area contributed by atoms with Gasteiger partial charge in [-0.15, -0.1) is 0 Å². The van der Waals surface area contributed by atoms with Gasteiger partial charge in [-0.25, -0.2) is 5.84 Å². The van der Waals surface area contributed by atoms with Crippen LogP contribution in [0, 0.1) is 6.92 Å². The average molecular weight is 492 g/mol. The van der Waals surface area contributed by atoms with Crippen LogP contribution in [0.5, 0.6) is 0 Å². The minimum atomic E-state index is -0.256. The largest absolute Gasteiger partial charge is 0.399 e. The van der Waals surface area contributed by atoms with Gasteiger partial charge >= 0.3 is 0 Å². The number of aryl methyl sites for hydroxylation is 1. The van der Waals surface area contributed by atoms with Gasteiger partial charge in [0.1, 0.15) is 6.61 Å². The third kappa shape index (κ3) is 12.2. The summed E-state index contributed by atoms with van der Waals surface area (Å²) < 4.78 is 5.47. The minimum absolute atomic E-state index is 0.0787. The third-order valence-corrected chi connectivity index (χ3v) is 5.36. The van der Waals surface area contributed by atoms with E-state index >= 15 is 0 Å². The van der Waals surface area contributed by atoms with Gasteiger partial charge in [0.25, 0.3) is 0 Å². The molecule has 1 rings (SSSR count). The fourth-order valence-electron chi connectivity index (χ4n) is 3.40. The van der Waals surface area contributed by atoms with E-state index in [1.807, 2.05) is 32.0 Å². The normalized spacial score (nSPS) is 12.1. The molecule has 1 aromatic carbocycles. The standard InChI is InChI=1S/C24H41N7O4/c1-4-6-20(3)30(18-33)15-22-19(2)7-5-8-23(22)29-24(34)16-35-12-10-27-9-11-31(26)14-21(25)13-28-17-32/h5,7-8,14,17-18,20,27H,4,6,9-13,15-16,25-26H2,1-3H3,(H,28,32)(H,29,34)/b21-14-. The van der Waals surface area contributed by atoms with Crippen LogP contribution in [0.1, 0.15) is 37.8 Å². The molecule has 11 nitrogen and oxygen atoms in total. The molecule has 0 aliphatic carbocycles. The topological polar surface area (TPSA) is 155 Å². The van der Waals surface area contributed by atoms with Gasteiger partial charge in [-0.05, 0) is 37.5 Å². The van der Waals surface area contributed by atoms with Crippen molar-refractivity contribution in [2.24, 2.45) is 11.6 Å². The van der Waals surface area contributed by atoms with Crippen molar-refractivity contribution in [3.63, 3.8) is 0 Å². The van der Waals surface area contributed by atoms with Crippen molar-refractivity contribution < 1.29 is 19.1 Å². The number of amides is 3. The summed E-state index contributed by atoms with van der Waals surface area (Å²) in [4.78, 5) is 36.0. The Bertz CT molecular complexity index is 819. The number of nitrogens with two attached hydrogens (primary N) is 2. The van der Waals surface area contributed by atoms with Crippen molar-refractivity contribution in [3.8, 4) is 0 Å². The van der Waals surface area contributed by atoms with Gasteiger partial charge < -0.3 is 36.3 Å². The van der Waals surface area contributed by atoms with Crippen LogP contribution >= 0.6 is 0 Å². The molecule has 35 heavy (non-hydrogen) atoms. The van der Waals surface area contributed by atoms with Gasteiger partial charge in [-0.3, -0.25) is 14.4 Å². The second-order valence-corrected chi connectivity index (χ2v) is 8.31. The summed E-state index contributed by atoms with van der Waals surface area (Å²) in [6.45, 7) is 8.68. The Balaban J connectivity index is 2.41. The Morgan fingerprint density at radius 1 is 1.26 bits per heavy atom. The summed E-state index contributed by atoms with van der Waals surface area (Å²) in [6, 6.07) is 5.80. The quantitative estimate of drug-likeness (QED) is 0.0806. The summed E-state index contributed by atoms with van der Waals surface area (Å²) in [5.41, 5.74) is 8.77. The van der Waals surface area contributed by atoms with E-state index in [9.17, 15) is 14.4 Å². The molecule has 0 aliphatic heterocycles. The molecular weight excluding hydrogens is 450 g/mol. The van der Waals surface area contributed by atoms with Crippen molar-refractivity contribution in [2.45, 2.75) is 46.2 Å². The summed E-state index contributed by atoms with van der Waals surface area (Å²) in [7, 11) is 0. The smallest absolute Gasteiger partial charge is 0.250 e. The van der Waals surface area contributed by atoms with Gasteiger partial charge in [-0.1, -0.05) is 25.5 Å². The molecule has 0 radical (unpaired) electrons. The molecule has 3 amide bonds. The molecular formula is C24H41N7O4. The summed E-state index contributed by atoms with van der Waals surface area (Å²) >= 11 is 0. The maximum Gasteiger partial charge on any atom is 0.250 e. The van der Waals surface area contributed by atoms with E-state index in [0.29, 0.717) is 50.6 Å². The zero-order valence-electron chi connectivity index (χ0n) is 21.1. The highest BCUT2D eigenvalue weighted by Crippen LogP contribution is 2.22. The van der Waals surface area contributed by atoms with Crippen LogP contribution in [0.15, 0.2) is 30.1 Å². The van der Waals surface area contributed by atoms with Crippen LogP contribution in [-0.4, -0.2) is 74.1 Å². The van der Waals surface area contributed by atoms with Gasteiger partial charge in [0.05, 0.1) is 13.2 Å². The Labute approximate surface area is 208 Å². The number of carbonyl (C=O) groups excluding carboxylic acids is 3. The van der Waals surface area contributed by atoms with Crippen LogP contribution in [0.4, 0.5) is 5.69 Å². The zero-order chi connectivity index (χ0) is 26.1. The average Bonchev–Trinajstić information content (AvgIpc) is 2.82. The summed E-state index contributed by atoms with van der Waals surface area (Å²) in [6.07, 6.45) is 4.90. The molecule has 196 valence electrons. The number of hydrogen-bond donors (Lipinski definition) is 5. The highest BCUT2D eigenvalue weighted by molar-refractivity contribution is 5.92. The third-order valence-electron chi connectivity index (χ3n) is 5.36. The van der Waals surface area contributed by atoms with Gasteiger partial charge in [0.2, 0.25) is 18.7 Å². The van der Waals surface area contributed by atoms with Gasteiger partial charge in [0.15, 0.2) is 0 Å². The number of carbonyl (C=O) groups is 3. The van der Waals surface area contributed by atoms with Crippen LogP contribution in [0.3, 0.4) is 0 Å². The van der Waals surface area contributed by atoms with Gasteiger partial charge in [0, 0.05) is 49.8 Å². The highest BCUT2D eigenvalue weighted by Gasteiger charge is 2.16. The molecule has 1 unspecified atom stereocenters. The van der Waals surface area contributed by atoms with E-state index in [1.165, 1.54) is 5.01 Å². The van der Waals surface area contributed by atoms with E-state index in [4.69, 9.17) is 16.3 Å². The molecule has 0 spiro atoms. The first-order chi connectivity index (χ1) is 16.8. The van der Waals surface area contributed by atoms with Crippen molar-refractivity contribution in [3.05, 3.63) is 41.2 Å². The molecule has 7 N–H and O–H groups in total. The lowest BCUT2D eigenvalue weighted by Gasteiger charge is -2.27. The molecule has 0 aromatic heterocycles. The number of anilines is 1. The van der Waals surface area contributed by atoms with Crippen molar-refractivity contribution in [1.82, 2.24) is 20.5 Å². The molecule has 0 fully saturated rings. The maximum absolute atomic E-state index is 12.4. The Kier molecular flexibility index (Phi) is 14.8. The zero-order valence-corrected chi connectivity index (χ0v) is 21.1. The van der Waals surface area contributed by atoms with Crippen LogP contribution in [0.2, 0.25) is 0 Å². The first-order valence-corrected chi connectivity index (χ1v) is 11.8. The molecule has 11 heteroatoms. The van der Waals surface area contributed by atoms with E-state index in [1.54, 1.807) is 11.1 Å². The maximum atomic E-state index is 12.4. The van der Waals surface area contributed by atoms with E-state index in [2.05, 4.69) is 22.9 Å². The van der Waals surface area contributed by atoms with Crippen LogP contribution in [0.25, 0.3) is 0 Å². The molecule has 0 saturated heterocycles. The van der Waals surface area contributed by atoms with E-state index in [0.717, 1.165) is 30.4 Å². The monoisotopic (exact) mass is 491 g/mol. The van der Waals surface area contributed by atoms with Crippen molar-refractivity contribution in [2.75, 3.05) is 44.7 Å². The van der Waals surface area contributed by atoms with Crippen molar-refractivity contribution >= 4 is 24.4 Å². The Morgan fingerprint density at radius 3 is 2.71 bits per heavy atom. The number of hydrogen-bond acceptors (Lipinski definition) is 8. The lowest BCUT2D eigenvalue weighted by Crippen LogP contribution is -2.36. The number of hydrazine groups is 1. The molecule has 0 heterocycles. The van der Waals surface area contributed by atoms with Gasteiger partial charge in [-0.2, -0.15) is 0 Å². The fourth-order valence-corrected chi connectivity index (χ4v) is 3.40. The number of nitrogens with zero attached hydrogens (tertiary/aromatic N) is 2. The first kappa shape index (κ1) is 29.9. The molecule has 1 atom stereocenters. The second kappa shape index (κ2) is 17.3. The van der Waals surface area contributed by atoms with Crippen LogP contribution < -0.4 is 27.5 Å². The predicted molar refractivity (Wildman–Crippen MR) is 137 cm³/mol. The second-order valence-electron chi connectivity index (χ2n) is 8.31. The molecule has 0 bridgehead atoms.